The van der Waals surface area contributed by atoms with E-state index in [0.717, 1.165) is 0 Å². The minimum atomic E-state index is -5.12. The van der Waals surface area contributed by atoms with Crippen LogP contribution in [-0.2, 0) is 9.53 Å². The molecule has 0 saturated carbocycles. The normalized spacial score (nSPS) is 13.5. The van der Waals surface area contributed by atoms with Crippen molar-refractivity contribution in [3.05, 3.63) is 53.8 Å². The summed E-state index contributed by atoms with van der Waals surface area (Å²) < 4.78 is 43.5. The van der Waals surface area contributed by atoms with Gasteiger partial charge >= 0.3 is 12.1 Å². The summed E-state index contributed by atoms with van der Waals surface area (Å²) >= 11 is 0. The third kappa shape index (κ3) is 4.34. The number of fused-ring (bicyclic) bond motifs is 2. The average Bonchev–Trinajstić information content (AvgIpc) is 2.66. The van der Waals surface area contributed by atoms with Gasteiger partial charge in [-0.15, -0.1) is 0 Å². The molecule has 0 unspecified atom stereocenters. The Morgan fingerprint density at radius 2 is 1.66 bits per heavy atom. The molecule has 0 amide bonds. The highest BCUT2D eigenvalue weighted by molar-refractivity contribution is 6.20. The molecule has 0 saturated heterocycles. The van der Waals surface area contributed by atoms with Crippen molar-refractivity contribution in [1.29, 1.82) is 0 Å². The monoisotopic (exact) mass is 403 g/mol. The first-order valence-corrected chi connectivity index (χ1v) is 8.60. The molecule has 0 atom stereocenters. The molecule has 6 nitrogen and oxygen atoms in total. The predicted octanol–water partition coefficient (Wildman–Crippen LogP) is 4.81. The second-order valence-electron chi connectivity index (χ2n) is 6.02. The Morgan fingerprint density at radius 1 is 1.07 bits per heavy atom. The van der Waals surface area contributed by atoms with E-state index in [-0.39, 0.29) is 18.0 Å². The Morgan fingerprint density at radius 3 is 2.24 bits per heavy atom. The van der Waals surface area contributed by atoms with Crippen LogP contribution in [0.5, 0.6) is 0 Å². The van der Waals surface area contributed by atoms with Gasteiger partial charge in [-0.2, -0.15) is 13.2 Å². The molecule has 29 heavy (non-hydrogen) atoms. The molecule has 2 aromatic carbocycles. The zero-order valence-electron chi connectivity index (χ0n) is 15.5. The number of aromatic nitrogens is 2. The molecule has 0 aliphatic heterocycles. The summed E-state index contributed by atoms with van der Waals surface area (Å²) in [5.74, 6) is -3.36. The zero-order valence-corrected chi connectivity index (χ0v) is 15.5. The topological polar surface area (TPSA) is 84.7 Å². The molecule has 0 bridgehead atoms. The lowest BCUT2D eigenvalue weighted by Gasteiger charge is -2.12. The zero-order chi connectivity index (χ0) is 21.2. The summed E-state index contributed by atoms with van der Waals surface area (Å²) in [5, 5.41) is 9.53. The standard InChI is InChI=1S/C20H16F3N3O3/c1-3-29-19(28)17(18(27)20(21,22)23)11(2)24-12-8-9-15-16(10-12)26-14-7-5-4-6-13(14)25-15/h4-10,27H,3H2,1-2H3/b18-17+,24-11?. The lowest BCUT2D eigenvalue weighted by atomic mass is 10.1. The van der Waals surface area contributed by atoms with Gasteiger partial charge in [0.15, 0.2) is 0 Å². The maximum Gasteiger partial charge on any atom is 0.449 e. The average molecular weight is 403 g/mol. The quantitative estimate of drug-likeness (QED) is 0.222. The van der Waals surface area contributed by atoms with Crippen molar-refractivity contribution in [2.24, 2.45) is 4.99 Å². The second-order valence-corrected chi connectivity index (χ2v) is 6.02. The Kier molecular flexibility index (Phi) is 5.49. The van der Waals surface area contributed by atoms with Crippen molar-refractivity contribution in [2.45, 2.75) is 20.0 Å². The number of halogens is 3. The minimum Gasteiger partial charge on any atom is -0.504 e. The van der Waals surface area contributed by atoms with Crippen LogP contribution in [0.2, 0.25) is 0 Å². The van der Waals surface area contributed by atoms with Crippen LogP contribution in [0.25, 0.3) is 22.1 Å². The molecule has 3 rings (SSSR count). The number of ether oxygens (including phenoxy) is 1. The summed E-state index contributed by atoms with van der Waals surface area (Å²) in [6.07, 6.45) is -5.12. The predicted molar refractivity (Wildman–Crippen MR) is 102 cm³/mol. The Hall–Kier alpha value is -3.49. The van der Waals surface area contributed by atoms with E-state index in [9.17, 15) is 23.1 Å². The van der Waals surface area contributed by atoms with Crippen LogP contribution >= 0.6 is 0 Å². The molecule has 1 heterocycles. The number of benzene rings is 2. The van der Waals surface area contributed by atoms with Gasteiger partial charge in [0, 0.05) is 0 Å². The van der Waals surface area contributed by atoms with Gasteiger partial charge < -0.3 is 9.84 Å². The lowest BCUT2D eigenvalue weighted by Crippen LogP contribution is -2.23. The molecule has 1 N–H and O–H groups in total. The van der Waals surface area contributed by atoms with Crippen LogP contribution in [0.3, 0.4) is 0 Å². The molecule has 0 aliphatic carbocycles. The van der Waals surface area contributed by atoms with E-state index in [1.165, 1.54) is 26.0 Å². The molecule has 0 aliphatic rings. The van der Waals surface area contributed by atoms with E-state index in [2.05, 4.69) is 19.7 Å². The summed E-state index contributed by atoms with van der Waals surface area (Å²) in [6, 6.07) is 11.9. The van der Waals surface area contributed by atoms with E-state index < -0.39 is 23.5 Å². The van der Waals surface area contributed by atoms with E-state index in [4.69, 9.17) is 0 Å². The van der Waals surface area contributed by atoms with E-state index in [1.54, 1.807) is 12.1 Å². The van der Waals surface area contributed by atoms with Gasteiger partial charge in [0.2, 0.25) is 5.76 Å². The molecule has 0 radical (unpaired) electrons. The van der Waals surface area contributed by atoms with Crippen LogP contribution < -0.4 is 0 Å². The van der Waals surface area contributed by atoms with Crippen LogP contribution in [-0.4, -0.2) is 39.5 Å². The van der Waals surface area contributed by atoms with Crippen molar-refractivity contribution in [1.82, 2.24) is 9.97 Å². The molecular weight excluding hydrogens is 387 g/mol. The number of rotatable bonds is 4. The number of nitrogens with zero attached hydrogens (tertiary/aromatic N) is 3. The molecule has 0 fully saturated rings. The summed E-state index contributed by atoms with van der Waals surface area (Å²) in [6.45, 7) is 2.48. The number of carbonyl (C=O) groups is 1. The van der Waals surface area contributed by atoms with E-state index >= 15 is 0 Å². The fraction of sp³-hybridized carbons (Fsp3) is 0.200. The van der Waals surface area contributed by atoms with Crippen molar-refractivity contribution >= 4 is 39.4 Å². The molecule has 3 aromatic rings. The lowest BCUT2D eigenvalue weighted by molar-refractivity contribution is -0.141. The number of para-hydroxylation sites is 2. The highest BCUT2D eigenvalue weighted by Crippen LogP contribution is 2.28. The van der Waals surface area contributed by atoms with Gasteiger partial charge in [0.1, 0.15) is 5.57 Å². The van der Waals surface area contributed by atoms with Crippen LogP contribution in [0.1, 0.15) is 13.8 Å². The number of allylic oxidation sites excluding steroid dienone is 1. The number of hydrogen-bond acceptors (Lipinski definition) is 6. The number of aliphatic imine (C=N–C) groups is 1. The number of aliphatic hydroxyl groups excluding tert-OH is 1. The van der Waals surface area contributed by atoms with E-state index in [1.807, 2.05) is 18.2 Å². The Bertz CT molecular complexity index is 1150. The van der Waals surface area contributed by atoms with Gasteiger partial charge in [-0.3, -0.25) is 4.99 Å². The first-order chi connectivity index (χ1) is 13.7. The smallest absolute Gasteiger partial charge is 0.449 e. The fourth-order valence-corrected chi connectivity index (χ4v) is 2.69. The summed E-state index contributed by atoms with van der Waals surface area (Å²) in [5.41, 5.74) is 1.29. The third-order valence-electron chi connectivity index (χ3n) is 3.97. The summed E-state index contributed by atoms with van der Waals surface area (Å²) in [4.78, 5) is 25.0. The first kappa shape index (κ1) is 20.2. The first-order valence-electron chi connectivity index (χ1n) is 8.60. The van der Waals surface area contributed by atoms with Crippen molar-refractivity contribution in [3.63, 3.8) is 0 Å². The number of carbonyl (C=O) groups excluding carboxylic acids is 1. The number of alkyl halides is 3. The van der Waals surface area contributed by atoms with Crippen LogP contribution in [0.15, 0.2) is 58.8 Å². The van der Waals surface area contributed by atoms with Gasteiger partial charge in [-0.25, -0.2) is 14.8 Å². The maximum absolute atomic E-state index is 13.0. The van der Waals surface area contributed by atoms with Gasteiger partial charge in [0.25, 0.3) is 0 Å². The fourth-order valence-electron chi connectivity index (χ4n) is 2.69. The molecule has 9 heteroatoms. The Labute approximate surface area is 163 Å². The van der Waals surface area contributed by atoms with Crippen molar-refractivity contribution < 1.29 is 27.8 Å². The number of aliphatic hydroxyl groups is 1. The second kappa shape index (κ2) is 7.86. The van der Waals surface area contributed by atoms with Crippen LogP contribution in [0.4, 0.5) is 18.9 Å². The van der Waals surface area contributed by atoms with Crippen molar-refractivity contribution in [3.8, 4) is 0 Å². The van der Waals surface area contributed by atoms with Gasteiger partial charge in [-0.1, -0.05) is 12.1 Å². The maximum atomic E-state index is 13.0. The third-order valence-corrected chi connectivity index (χ3v) is 3.97. The van der Waals surface area contributed by atoms with Gasteiger partial charge in [0.05, 0.1) is 40.1 Å². The van der Waals surface area contributed by atoms with Gasteiger partial charge in [-0.05, 0) is 44.2 Å². The molecule has 1 aromatic heterocycles. The van der Waals surface area contributed by atoms with Crippen molar-refractivity contribution in [2.75, 3.05) is 6.61 Å². The van der Waals surface area contributed by atoms with Crippen LogP contribution in [0, 0.1) is 0 Å². The minimum absolute atomic E-state index is 0.153. The SMILES string of the molecule is CCOC(=O)/C(C(C)=Nc1ccc2nc3ccccc3nc2c1)=C(/O)C(F)(F)F. The largest absolute Gasteiger partial charge is 0.504 e. The molecular formula is C20H16F3N3O3. The Balaban J connectivity index is 2.09. The van der Waals surface area contributed by atoms with E-state index in [0.29, 0.717) is 22.1 Å². The summed E-state index contributed by atoms with van der Waals surface area (Å²) in [7, 11) is 0. The highest BCUT2D eigenvalue weighted by atomic mass is 19.4. The molecule has 0 spiro atoms. The highest BCUT2D eigenvalue weighted by Gasteiger charge is 2.40. The number of hydrogen-bond donors (Lipinski definition) is 1. The molecule has 150 valence electrons. The number of esters is 1.